The van der Waals surface area contributed by atoms with Crippen LogP contribution in [-0.4, -0.2) is 28.8 Å². The fraction of sp³-hybridized carbons (Fsp3) is 0.538. The second-order valence-electron chi connectivity index (χ2n) is 4.70. The predicted octanol–water partition coefficient (Wildman–Crippen LogP) is 1.76. The zero-order chi connectivity index (χ0) is 13.1. The highest BCUT2D eigenvalue weighted by molar-refractivity contribution is 7.09. The Morgan fingerprint density at radius 2 is 2.28 bits per heavy atom. The molecular weight excluding hydrogens is 248 g/mol. The van der Waals surface area contributed by atoms with Gasteiger partial charge in [-0.05, 0) is 31.2 Å². The van der Waals surface area contributed by atoms with Crippen LogP contribution in [0.2, 0.25) is 0 Å². The van der Waals surface area contributed by atoms with E-state index in [2.05, 4.69) is 5.32 Å². The molecule has 0 radical (unpaired) electrons. The van der Waals surface area contributed by atoms with Crippen molar-refractivity contribution in [1.82, 2.24) is 10.2 Å². The first-order valence-electron chi connectivity index (χ1n) is 6.18. The summed E-state index contributed by atoms with van der Waals surface area (Å²) in [5, 5.41) is 4.67. The van der Waals surface area contributed by atoms with Gasteiger partial charge in [0, 0.05) is 17.8 Å². The predicted molar refractivity (Wildman–Crippen MR) is 71.2 cm³/mol. The summed E-state index contributed by atoms with van der Waals surface area (Å²) in [5.74, 6) is -0.149. The Kier molecular flexibility index (Phi) is 4.01. The van der Waals surface area contributed by atoms with Gasteiger partial charge in [0.15, 0.2) is 0 Å². The lowest BCUT2D eigenvalue weighted by Crippen LogP contribution is -2.46. The fourth-order valence-electron chi connectivity index (χ4n) is 1.96. The number of hydrogen-bond donors (Lipinski definition) is 1. The van der Waals surface area contributed by atoms with E-state index in [4.69, 9.17) is 0 Å². The SMILES string of the molecule is CC(=O)NC(C)C(=O)N(Cc1cccs1)C1CC1. The van der Waals surface area contributed by atoms with Crippen molar-refractivity contribution in [1.29, 1.82) is 0 Å². The number of carbonyl (C=O) groups is 2. The van der Waals surface area contributed by atoms with Gasteiger partial charge in [-0.25, -0.2) is 0 Å². The van der Waals surface area contributed by atoms with E-state index in [1.807, 2.05) is 22.4 Å². The minimum Gasteiger partial charge on any atom is -0.345 e. The number of rotatable bonds is 5. The first-order chi connectivity index (χ1) is 8.58. The largest absolute Gasteiger partial charge is 0.345 e. The molecule has 2 rings (SSSR count). The third-order valence-corrected chi connectivity index (χ3v) is 3.83. The normalized spacial score (nSPS) is 16.1. The standard InChI is InChI=1S/C13H18N2O2S/c1-9(14-10(2)16)13(17)15(11-5-6-11)8-12-4-3-7-18-12/h3-4,7,9,11H,5-6,8H2,1-2H3,(H,14,16). The third-order valence-electron chi connectivity index (χ3n) is 2.97. The van der Waals surface area contributed by atoms with E-state index >= 15 is 0 Å². The van der Waals surface area contributed by atoms with Crippen LogP contribution in [0.15, 0.2) is 17.5 Å². The van der Waals surface area contributed by atoms with Gasteiger partial charge < -0.3 is 10.2 Å². The molecule has 18 heavy (non-hydrogen) atoms. The Labute approximate surface area is 111 Å². The maximum Gasteiger partial charge on any atom is 0.245 e. The lowest BCUT2D eigenvalue weighted by molar-refractivity contribution is -0.136. The van der Waals surface area contributed by atoms with Gasteiger partial charge in [-0.15, -0.1) is 11.3 Å². The maximum atomic E-state index is 12.3. The highest BCUT2D eigenvalue weighted by Crippen LogP contribution is 2.29. The summed E-state index contributed by atoms with van der Waals surface area (Å²) in [6.07, 6.45) is 2.15. The molecule has 0 aromatic carbocycles. The zero-order valence-corrected chi connectivity index (χ0v) is 11.5. The lowest BCUT2D eigenvalue weighted by atomic mass is 10.2. The molecule has 0 spiro atoms. The highest BCUT2D eigenvalue weighted by Gasteiger charge is 2.34. The molecule has 1 aromatic heterocycles. The van der Waals surface area contributed by atoms with Crippen LogP contribution >= 0.6 is 11.3 Å². The number of nitrogens with zero attached hydrogens (tertiary/aromatic N) is 1. The molecule has 1 saturated carbocycles. The lowest BCUT2D eigenvalue weighted by Gasteiger charge is -2.25. The first-order valence-corrected chi connectivity index (χ1v) is 7.06. The van der Waals surface area contributed by atoms with Crippen molar-refractivity contribution in [3.05, 3.63) is 22.4 Å². The fourth-order valence-corrected chi connectivity index (χ4v) is 2.66. The topological polar surface area (TPSA) is 49.4 Å². The van der Waals surface area contributed by atoms with Crippen molar-refractivity contribution in [2.75, 3.05) is 0 Å². The van der Waals surface area contributed by atoms with Crippen molar-refractivity contribution < 1.29 is 9.59 Å². The molecule has 0 saturated heterocycles. The van der Waals surface area contributed by atoms with E-state index in [1.54, 1.807) is 18.3 Å². The van der Waals surface area contributed by atoms with E-state index in [0.29, 0.717) is 12.6 Å². The molecule has 98 valence electrons. The van der Waals surface area contributed by atoms with Crippen molar-refractivity contribution in [3.8, 4) is 0 Å². The Balaban J connectivity index is 2.00. The van der Waals surface area contributed by atoms with Gasteiger partial charge in [-0.1, -0.05) is 6.07 Å². The maximum absolute atomic E-state index is 12.3. The molecule has 4 nitrogen and oxygen atoms in total. The number of nitrogens with one attached hydrogen (secondary N) is 1. The summed E-state index contributed by atoms with van der Waals surface area (Å²) in [6.45, 7) is 3.84. The summed E-state index contributed by atoms with van der Waals surface area (Å²) in [4.78, 5) is 26.4. The van der Waals surface area contributed by atoms with Crippen molar-refractivity contribution in [2.24, 2.45) is 0 Å². The van der Waals surface area contributed by atoms with Gasteiger partial charge in [0.05, 0.1) is 6.54 Å². The van der Waals surface area contributed by atoms with E-state index in [9.17, 15) is 9.59 Å². The molecule has 1 heterocycles. The van der Waals surface area contributed by atoms with Crippen LogP contribution in [0.3, 0.4) is 0 Å². The molecular formula is C13H18N2O2S. The minimum absolute atomic E-state index is 0.0149. The Bertz CT molecular complexity index is 426. The average Bonchev–Trinajstić information content (AvgIpc) is 3.02. The summed E-state index contributed by atoms with van der Waals surface area (Å²) in [7, 11) is 0. The summed E-state index contributed by atoms with van der Waals surface area (Å²) >= 11 is 1.66. The van der Waals surface area contributed by atoms with E-state index < -0.39 is 6.04 Å². The van der Waals surface area contributed by atoms with Crippen molar-refractivity contribution >= 4 is 23.2 Å². The summed E-state index contributed by atoms with van der Waals surface area (Å²) < 4.78 is 0. The van der Waals surface area contributed by atoms with E-state index in [-0.39, 0.29) is 11.8 Å². The minimum atomic E-state index is -0.442. The van der Waals surface area contributed by atoms with Crippen LogP contribution < -0.4 is 5.32 Å². The molecule has 1 aromatic rings. The average molecular weight is 266 g/mol. The van der Waals surface area contributed by atoms with Crippen LogP contribution in [0.25, 0.3) is 0 Å². The van der Waals surface area contributed by atoms with Gasteiger partial charge in [-0.2, -0.15) is 0 Å². The Morgan fingerprint density at radius 3 is 2.78 bits per heavy atom. The Hall–Kier alpha value is -1.36. The number of carbonyl (C=O) groups excluding carboxylic acids is 2. The summed E-state index contributed by atoms with van der Waals surface area (Å²) in [5.41, 5.74) is 0. The summed E-state index contributed by atoms with van der Waals surface area (Å²) in [6, 6.07) is 3.95. The second kappa shape index (κ2) is 5.52. The van der Waals surface area contributed by atoms with Gasteiger partial charge in [0.25, 0.3) is 0 Å². The van der Waals surface area contributed by atoms with Gasteiger partial charge in [0.1, 0.15) is 6.04 Å². The molecule has 1 atom stereocenters. The van der Waals surface area contributed by atoms with Crippen LogP contribution in [0.5, 0.6) is 0 Å². The number of hydrogen-bond acceptors (Lipinski definition) is 3. The van der Waals surface area contributed by atoms with Gasteiger partial charge in [-0.3, -0.25) is 9.59 Å². The Morgan fingerprint density at radius 1 is 1.56 bits per heavy atom. The highest BCUT2D eigenvalue weighted by atomic mass is 32.1. The molecule has 1 N–H and O–H groups in total. The van der Waals surface area contributed by atoms with Gasteiger partial charge >= 0.3 is 0 Å². The molecule has 2 amide bonds. The first kappa shape index (κ1) is 13.1. The second-order valence-corrected chi connectivity index (χ2v) is 5.73. The molecule has 0 bridgehead atoms. The third kappa shape index (κ3) is 3.32. The number of amides is 2. The van der Waals surface area contributed by atoms with Crippen LogP contribution in [0.4, 0.5) is 0 Å². The van der Waals surface area contributed by atoms with Gasteiger partial charge in [0.2, 0.25) is 11.8 Å². The molecule has 0 aliphatic heterocycles. The molecule has 5 heteroatoms. The monoisotopic (exact) mass is 266 g/mol. The molecule has 1 fully saturated rings. The van der Waals surface area contributed by atoms with Crippen molar-refractivity contribution in [2.45, 2.75) is 45.3 Å². The van der Waals surface area contributed by atoms with Crippen LogP contribution in [0, 0.1) is 0 Å². The zero-order valence-electron chi connectivity index (χ0n) is 10.7. The van der Waals surface area contributed by atoms with E-state index in [1.165, 1.54) is 11.8 Å². The molecule has 1 aliphatic carbocycles. The van der Waals surface area contributed by atoms with Crippen LogP contribution in [0.1, 0.15) is 31.6 Å². The van der Waals surface area contributed by atoms with Crippen molar-refractivity contribution in [3.63, 3.8) is 0 Å². The smallest absolute Gasteiger partial charge is 0.245 e. The van der Waals surface area contributed by atoms with Crippen LogP contribution in [-0.2, 0) is 16.1 Å². The molecule has 1 aliphatic rings. The number of thiophene rings is 1. The quantitative estimate of drug-likeness (QED) is 0.883. The van der Waals surface area contributed by atoms with E-state index in [0.717, 1.165) is 12.8 Å². The molecule has 1 unspecified atom stereocenters.